The third-order valence-corrected chi connectivity index (χ3v) is 1.74. The second-order valence-corrected chi connectivity index (χ2v) is 2.83. The number of Topliss-reactive ketones (excluding diaryl/α,β-unsaturated/α-hetero) is 1. The fraction of sp³-hybridized carbons (Fsp3) is 0.182. The first-order valence-corrected chi connectivity index (χ1v) is 4.16. The van der Waals surface area contributed by atoms with Crippen molar-refractivity contribution in [3.05, 3.63) is 34.9 Å². The molecule has 15 heavy (non-hydrogen) atoms. The van der Waals surface area contributed by atoms with E-state index in [1.165, 1.54) is 6.92 Å². The van der Waals surface area contributed by atoms with E-state index in [0.717, 1.165) is 6.07 Å². The Morgan fingerprint density at radius 3 is 2.60 bits per heavy atom. The Kier molecular flexibility index (Phi) is 3.53. The highest BCUT2D eigenvalue weighted by Crippen LogP contribution is 2.14. The van der Waals surface area contributed by atoms with E-state index < -0.39 is 24.0 Å². The van der Waals surface area contributed by atoms with Gasteiger partial charge in [0.1, 0.15) is 18.2 Å². The number of aliphatic hydroxyl groups is 1. The molecule has 0 aliphatic rings. The van der Waals surface area contributed by atoms with Gasteiger partial charge in [-0.3, -0.25) is 4.79 Å². The number of ketones is 1. The number of carbonyl (C=O) groups excluding carboxylic acids is 1. The van der Waals surface area contributed by atoms with E-state index in [1.807, 2.05) is 0 Å². The van der Waals surface area contributed by atoms with Crippen LogP contribution < -0.4 is 0 Å². The quantitative estimate of drug-likeness (QED) is 0.563. The molecule has 0 aromatic heterocycles. The SMILES string of the molecule is CC(=O)c1cc(C#CCO)c(F)cc1F. The lowest BCUT2D eigenvalue weighted by atomic mass is 10.1. The zero-order chi connectivity index (χ0) is 11.4. The van der Waals surface area contributed by atoms with Crippen LogP contribution in [0.3, 0.4) is 0 Å². The molecule has 1 aromatic rings. The molecule has 0 unspecified atom stereocenters. The average Bonchev–Trinajstić information content (AvgIpc) is 2.16. The van der Waals surface area contributed by atoms with Gasteiger partial charge in [0.25, 0.3) is 0 Å². The van der Waals surface area contributed by atoms with Gasteiger partial charge in [0.15, 0.2) is 5.78 Å². The molecule has 0 aliphatic heterocycles. The van der Waals surface area contributed by atoms with Crippen molar-refractivity contribution in [2.45, 2.75) is 6.92 Å². The monoisotopic (exact) mass is 210 g/mol. The molecule has 0 radical (unpaired) electrons. The first-order chi connectivity index (χ1) is 7.06. The minimum Gasteiger partial charge on any atom is -0.384 e. The predicted molar refractivity (Wildman–Crippen MR) is 50.3 cm³/mol. The highest BCUT2D eigenvalue weighted by molar-refractivity contribution is 5.94. The highest BCUT2D eigenvalue weighted by atomic mass is 19.1. The highest BCUT2D eigenvalue weighted by Gasteiger charge is 2.11. The summed E-state index contributed by atoms with van der Waals surface area (Å²) >= 11 is 0. The maximum absolute atomic E-state index is 13.1. The summed E-state index contributed by atoms with van der Waals surface area (Å²) < 4.78 is 26.1. The summed E-state index contributed by atoms with van der Waals surface area (Å²) in [6.07, 6.45) is 0. The number of rotatable bonds is 1. The van der Waals surface area contributed by atoms with Gasteiger partial charge in [0.2, 0.25) is 0 Å². The van der Waals surface area contributed by atoms with E-state index in [1.54, 1.807) is 0 Å². The Morgan fingerprint density at radius 2 is 2.07 bits per heavy atom. The van der Waals surface area contributed by atoms with Crippen LogP contribution >= 0.6 is 0 Å². The molecule has 0 spiro atoms. The van der Waals surface area contributed by atoms with Gasteiger partial charge in [0, 0.05) is 6.07 Å². The molecule has 0 amide bonds. The summed E-state index contributed by atoms with van der Waals surface area (Å²) in [6, 6.07) is 1.65. The van der Waals surface area contributed by atoms with Gasteiger partial charge in [-0.25, -0.2) is 8.78 Å². The standard InChI is InChI=1S/C11H8F2O2/c1-7(15)9-5-8(3-2-4-14)10(12)6-11(9)13/h5-6,14H,4H2,1H3. The molecule has 0 fully saturated rings. The normalized spacial score (nSPS) is 9.33. The molecule has 0 aliphatic carbocycles. The van der Waals surface area contributed by atoms with Crippen molar-refractivity contribution in [2.24, 2.45) is 0 Å². The lowest BCUT2D eigenvalue weighted by molar-refractivity contribution is 0.101. The summed E-state index contributed by atoms with van der Waals surface area (Å²) in [7, 11) is 0. The first kappa shape index (κ1) is 11.3. The van der Waals surface area contributed by atoms with E-state index in [9.17, 15) is 13.6 Å². The number of aliphatic hydroxyl groups excluding tert-OH is 1. The number of benzene rings is 1. The Labute approximate surface area is 85.5 Å². The van der Waals surface area contributed by atoms with Crippen LogP contribution in [0.25, 0.3) is 0 Å². The van der Waals surface area contributed by atoms with Crippen molar-refractivity contribution < 1.29 is 18.7 Å². The summed E-state index contributed by atoms with van der Waals surface area (Å²) in [5.74, 6) is 2.26. The van der Waals surface area contributed by atoms with Gasteiger partial charge < -0.3 is 5.11 Å². The van der Waals surface area contributed by atoms with Crippen LogP contribution in [0.5, 0.6) is 0 Å². The molecule has 0 saturated heterocycles. The van der Waals surface area contributed by atoms with Gasteiger partial charge in [0.05, 0.1) is 11.1 Å². The molecular formula is C11H8F2O2. The fourth-order valence-corrected chi connectivity index (χ4v) is 1.05. The molecule has 0 heterocycles. The average molecular weight is 210 g/mol. The lowest BCUT2D eigenvalue weighted by Crippen LogP contribution is -2.00. The third-order valence-electron chi connectivity index (χ3n) is 1.74. The molecule has 1 rings (SSSR count). The van der Waals surface area contributed by atoms with Crippen LogP contribution in [0.2, 0.25) is 0 Å². The lowest BCUT2D eigenvalue weighted by Gasteiger charge is -2.00. The number of hydrogen-bond donors (Lipinski definition) is 1. The molecular weight excluding hydrogens is 202 g/mol. The second kappa shape index (κ2) is 4.67. The van der Waals surface area contributed by atoms with Crippen LogP contribution in [0, 0.1) is 23.5 Å². The largest absolute Gasteiger partial charge is 0.384 e. The van der Waals surface area contributed by atoms with E-state index >= 15 is 0 Å². The van der Waals surface area contributed by atoms with Crippen LogP contribution in [0.15, 0.2) is 12.1 Å². The first-order valence-electron chi connectivity index (χ1n) is 4.16. The van der Waals surface area contributed by atoms with Crippen molar-refractivity contribution >= 4 is 5.78 Å². The summed E-state index contributed by atoms with van der Waals surface area (Å²) in [5, 5.41) is 8.41. The van der Waals surface area contributed by atoms with Gasteiger partial charge in [-0.05, 0) is 13.0 Å². The summed E-state index contributed by atoms with van der Waals surface area (Å²) in [5.41, 5.74) is -0.311. The van der Waals surface area contributed by atoms with E-state index in [2.05, 4.69) is 11.8 Å². The van der Waals surface area contributed by atoms with Gasteiger partial charge in [-0.1, -0.05) is 11.8 Å². The van der Waals surface area contributed by atoms with E-state index in [0.29, 0.717) is 6.07 Å². The minimum atomic E-state index is -0.908. The zero-order valence-electron chi connectivity index (χ0n) is 7.97. The van der Waals surface area contributed by atoms with Crippen molar-refractivity contribution in [3.63, 3.8) is 0 Å². The minimum absolute atomic E-state index is 0.101. The Hall–Kier alpha value is -1.73. The molecule has 0 atom stereocenters. The van der Waals surface area contributed by atoms with Crippen molar-refractivity contribution in [2.75, 3.05) is 6.61 Å². The Bertz CT molecular complexity index is 456. The summed E-state index contributed by atoms with van der Waals surface area (Å²) in [6.45, 7) is 0.756. The molecule has 2 nitrogen and oxygen atoms in total. The fourth-order valence-electron chi connectivity index (χ4n) is 1.05. The molecule has 0 bridgehead atoms. The molecule has 1 aromatic carbocycles. The van der Waals surface area contributed by atoms with Crippen molar-refractivity contribution in [3.8, 4) is 11.8 Å². The molecule has 1 N–H and O–H groups in total. The maximum Gasteiger partial charge on any atom is 0.162 e. The Morgan fingerprint density at radius 1 is 1.40 bits per heavy atom. The van der Waals surface area contributed by atoms with E-state index in [4.69, 9.17) is 5.11 Å². The topological polar surface area (TPSA) is 37.3 Å². The van der Waals surface area contributed by atoms with Crippen LogP contribution in [-0.4, -0.2) is 17.5 Å². The third kappa shape index (κ3) is 2.61. The van der Waals surface area contributed by atoms with Gasteiger partial charge in [-0.15, -0.1) is 0 Å². The van der Waals surface area contributed by atoms with E-state index in [-0.39, 0.29) is 11.1 Å². The Balaban J connectivity index is 3.29. The molecule has 78 valence electrons. The number of hydrogen-bond acceptors (Lipinski definition) is 2. The van der Waals surface area contributed by atoms with Gasteiger partial charge >= 0.3 is 0 Å². The second-order valence-electron chi connectivity index (χ2n) is 2.83. The van der Waals surface area contributed by atoms with Crippen molar-refractivity contribution in [1.29, 1.82) is 0 Å². The van der Waals surface area contributed by atoms with Crippen LogP contribution in [-0.2, 0) is 0 Å². The smallest absolute Gasteiger partial charge is 0.162 e. The van der Waals surface area contributed by atoms with Crippen LogP contribution in [0.1, 0.15) is 22.8 Å². The van der Waals surface area contributed by atoms with Gasteiger partial charge in [-0.2, -0.15) is 0 Å². The molecule has 0 saturated carbocycles. The maximum atomic E-state index is 13.1. The predicted octanol–water partition coefficient (Wildman–Crippen LogP) is 1.51. The summed E-state index contributed by atoms with van der Waals surface area (Å²) in [4.78, 5) is 10.9. The number of carbonyl (C=O) groups is 1. The number of halogens is 2. The van der Waals surface area contributed by atoms with Crippen LogP contribution in [0.4, 0.5) is 8.78 Å². The zero-order valence-corrected chi connectivity index (χ0v) is 7.97. The van der Waals surface area contributed by atoms with Crippen molar-refractivity contribution in [1.82, 2.24) is 0 Å². The molecule has 4 heteroatoms.